The summed E-state index contributed by atoms with van der Waals surface area (Å²) in [6.45, 7) is 0.986. The quantitative estimate of drug-likeness (QED) is 0.658. The first-order valence-corrected chi connectivity index (χ1v) is 9.77. The van der Waals surface area contributed by atoms with Crippen LogP contribution in [-0.4, -0.2) is 49.7 Å². The van der Waals surface area contributed by atoms with Crippen molar-refractivity contribution in [3.05, 3.63) is 23.9 Å². The summed E-state index contributed by atoms with van der Waals surface area (Å²) in [5, 5.41) is 4.95. The lowest BCUT2D eigenvalue weighted by Crippen LogP contribution is -2.30. The highest BCUT2D eigenvalue weighted by atomic mass is 19.4. The van der Waals surface area contributed by atoms with E-state index in [2.05, 4.69) is 24.8 Å². The molecule has 0 bridgehead atoms. The third-order valence-corrected chi connectivity index (χ3v) is 5.42. The number of halogens is 3. The van der Waals surface area contributed by atoms with Gasteiger partial charge in [0.2, 0.25) is 5.91 Å². The van der Waals surface area contributed by atoms with E-state index in [0.717, 1.165) is 12.8 Å². The Morgan fingerprint density at radius 2 is 2.06 bits per heavy atom. The second-order valence-electron chi connectivity index (χ2n) is 7.57. The van der Waals surface area contributed by atoms with Crippen LogP contribution in [0, 0.1) is 0 Å². The number of nitrogen functional groups attached to an aromatic ring is 1. The highest BCUT2D eigenvalue weighted by molar-refractivity contribution is 6.06. The number of amides is 1. The Morgan fingerprint density at radius 1 is 1.29 bits per heavy atom. The van der Waals surface area contributed by atoms with Gasteiger partial charge in [0.05, 0.1) is 24.5 Å². The van der Waals surface area contributed by atoms with E-state index in [-0.39, 0.29) is 30.1 Å². The van der Waals surface area contributed by atoms with E-state index in [1.54, 1.807) is 24.0 Å². The van der Waals surface area contributed by atoms with Crippen molar-refractivity contribution < 1.29 is 22.7 Å². The highest BCUT2D eigenvalue weighted by Crippen LogP contribution is 2.45. The molecule has 1 atom stereocenters. The number of aromatic nitrogens is 5. The van der Waals surface area contributed by atoms with Crippen LogP contribution in [0.1, 0.15) is 31.2 Å². The molecule has 1 saturated carbocycles. The molecule has 162 valence electrons. The monoisotopic (exact) mass is 433 g/mol. The zero-order valence-electron chi connectivity index (χ0n) is 16.4. The van der Waals surface area contributed by atoms with Crippen LogP contribution >= 0.6 is 0 Å². The van der Waals surface area contributed by atoms with Gasteiger partial charge in [-0.05, 0) is 31.9 Å². The summed E-state index contributed by atoms with van der Waals surface area (Å²) in [6, 6.07) is 3.52. The number of ether oxygens (including phenoxy) is 1. The third-order valence-electron chi connectivity index (χ3n) is 5.42. The SMILES string of the molecule is CC1C(=O)N(C2CC2)c2nc(-c3nn(CCOC(F)(F)F)c4ncccc34)nc(N)c21. The van der Waals surface area contributed by atoms with Gasteiger partial charge in [0.25, 0.3) is 0 Å². The number of hydrogen-bond acceptors (Lipinski definition) is 7. The molecule has 9 nitrogen and oxygen atoms in total. The maximum atomic E-state index is 12.7. The Kier molecular flexibility index (Phi) is 4.36. The minimum Gasteiger partial charge on any atom is -0.383 e. The Bertz CT molecular complexity index is 1190. The molecule has 0 spiro atoms. The lowest BCUT2D eigenvalue weighted by Gasteiger charge is -2.16. The van der Waals surface area contributed by atoms with Crippen LogP contribution in [0.3, 0.4) is 0 Å². The minimum absolute atomic E-state index is 0.0583. The fraction of sp³-hybridized carbons (Fsp3) is 0.421. The van der Waals surface area contributed by atoms with E-state index in [1.165, 1.54) is 10.9 Å². The Balaban J connectivity index is 1.58. The van der Waals surface area contributed by atoms with Crippen molar-refractivity contribution in [2.75, 3.05) is 17.2 Å². The van der Waals surface area contributed by atoms with Gasteiger partial charge in [0.1, 0.15) is 17.3 Å². The van der Waals surface area contributed by atoms with E-state index >= 15 is 0 Å². The lowest BCUT2D eigenvalue weighted by atomic mass is 10.1. The molecule has 0 radical (unpaired) electrons. The van der Waals surface area contributed by atoms with Crippen LogP contribution in [0.5, 0.6) is 0 Å². The molecule has 3 aromatic rings. The van der Waals surface area contributed by atoms with Gasteiger partial charge in [-0.2, -0.15) is 5.10 Å². The Labute approximate surface area is 174 Å². The van der Waals surface area contributed by atoms with E-state index in [4.69, 9.17) is 5.73 Å². The summed E-state index contributed by atoms with van der Waals surface area (Å²) in [5.74, 6) is 0.375. The Hall–Kier alpha value is -3.28. The average molecular weight is 433 g/mol. The molecular formula is C19H18F3N7O2. The molecule has 2 aliphatic rings. The van der Waals surface area contributed by atoms with E-state index in [0.29, 0.717) is 28.1 Å². The van der Waals surface area contributed by atoms with Crippen molar-refractivity contribution in [3.63, 3.8) is 0 Å². The molecule has 1 aliphatic heterocycles. The summed E-state index contributed by atoms with van der Waals surface area (Å²) < 4.78 is 42.2. The average Bonchev–Trinajstić information content (AvgIpc) is 3.42. The summed E-state index contributed by atoms with van der Waals surface area (Å²) >= 11 is 0. The van der Waals surface area contributed by atoms with E-state index < -0.39 is 18.9 Å². The molecular weight excluding hydrogens is 415 g/mol. The Morgan fingerprint density at radius 3 is 2.77 bits per heavy atom. The van der Waals surface area contributed by atoms with Gasteiger partial charge in [-0.15, -0.1) is 13.2 Å². The largest absolute Gasteiger partial charge is 0.522 e. The molecule has 5 rings (SSSR count). The maximum absolute atomic E-state index is 12.7. The van der Waals surface area contributed by atoms with Gasteiger partial charge >= 0.3 is 6.36 Å². The van der Waals surface area contributed by atoms with Crippen LogP contribution < -0.4 is 10.6 Å². The van der Waals surface area contributed by atoms with Gasteiger partial charge in [0.15, 0.2) is 11.5 Å². The predicted octanol–water partition coefficient (Wildman–Crippen LogP) is 2.62. The minimum atomic E-state index is -4.73. The first-order chi connectivity index (χ1) is 14.7. The number of carbonyl (C=O) groups excluding carboxylic acids is 1. The second kappa shape index (κ2) is 6.87. The molecule has 1 fully saturated rings. The van der Waals surface area contributed by atoms with Crippen molar-refractivity contribution in [1.29, 1.82) is 0 Å². The number of anilines is 2. The predicted molar refractivity (Wildman–Crippen MR) is 104 cm³/mol. The fourth-order valence-corrected chi connectivity index (χ4v) is 3.88. The van der Waals surface area contributed by atoms with Crippen molar-refractivity contribution >= 4 is 28.6 Å². The molecule has 0 saturated heterocycles. The van der Waals surface area contributed by atoms with Crippen LogP contribution in [0.25, 0.3) is 22.6 Å². The van der Waals surface area contributed by atoms with Crippen LogP contribution in [0.2, 0.25) is 0 Å². The number of fused-ring (bicyclic) bond motifs is 2. The zero-order chi connectivity index (χ0) is 21.9. The fourth-order valence-electron chi connectivity index (χ4n) is 3.88. The zero-order valence-corrected chi connectivity index (χ0v) is 16.4. The van der Waals surface area contributed by atoms with Crippen molar-refractivity contribution in [2.45, 2.75) is 44.6 Å². The molecule has 1 amide bonds. The molecule has 31 heavy (non-hydrogen) atoms. The van der Waals surface area contributed by atoms with Gasteiger partial charge in [-0.3, -0.25) is 14.4 Å². The maximum Gasteiger partial charge on any atom is 0.522 e. The smallest absolute Gasteiger partial charge is 0.383 e. The number of hydrogen-bond donors (Lipinski definition) is 1. The van der Waals surface area contributed by atoms with Gasteiger partial charge in [-0.1, -0.05) is 0 Å². The lowest BCUT2D eigenvalue weighted by molar-refractivity contribution is -0.325. The van der Waals surface area contributed by atoms with Crippen molar-refractivity contribution in [3.8, 4) is 11.5 Å². The topological polar surface area (TPSA) is 112 Å². The number of nitrogens with zero attached hydrogens (tertiary/aromatic N) is 6. The first-order valence-electron chi connectivity index (χ1n) is 9.77. The van der Waals surface area contributed by atoms with Crippen LogP contribution in [-0.2, 0) is 16.1 Å². The molecule has 4 heterocycles. The van der Waals surface area contributed by atoms with Gasteiger partial charge in [-0.25, -0.2) is 19.6 Å². The normalized spacial score (nSPS) is 18.8. The summed E-state index contributed by atoms with van der Waals surface area (Å²) in [4.78, 5) is 27.6. The third kappa shape index (κ3) is 3.36. The number of rotatable bonds is 5. The number of pyridine rings is 1. The molecule has 12 heteroatoms. The molecule has 2 N–H and O–H groups in total. The van der Waals surface area contributed by atoms with Gasteiger partial charge < -0.3 is 5.73 Å². The van der Waals surface area contributed by atoms with Crippen LogP contribution in [0.15, 0.2) is 18.3 Å². The van der Waals surface area contributed by atoms with E-state index in [9.17, 15) is 18.0 Å². The summed E-state index contributed by atoms with van der Waals surface area (Å²) in [6.07, 6.45) is -1.41. The molecule has 1 unspecified atom stereocenters. The number of alkyl halides is 3. The van der Waals surface area contributed by atoms with Crippen molar-refractivity contribution in [1.82, 2.24) is 24.7 Å². The molecule has 3 aromatic heterocycles. The first kappa shape index (κ1) is 19.7. The highest BCUT2D eigenvalue weighted by Gasteiger charge is 2.45. The molecule has 1 aliphatic carbocycles. The summed E-state index contributed by atoms with van der Waals surface area (Å²) in [7, 11) is 0. The van der Waals surface area contributed by atoms with Crippen molar-refractivity contribution in [2.24, 2.45) is 0 Å². The van der Waals surface area contributed by atoms with Crippen LogP contribution in [0.4, 0.5) is 24.8 Å². The second-order valence-corrected chi connectivity index (χ2v) is 7.57. The summed E-state index contributed by atoms with van der Waals surface area (Å²) in [5.41, 5.74) is 7.49. The standard InChI is InChI=1S/C19H18F3N7O2/c1-9-12-14(23)25-15(26-17(12)29(18(9)30)10-4-5-10)13-11-3-2-6-24-16(11)28(27-13)7-8-31-19(20,21)22/h2-3,6,9-10H,4-5,7-8H2,1H3,(H2,23,25,26). The number of nitrogens with two attached hydrogens (primary N) is 1. The van der Waals surface area contributed by atoms with E-state index in [1.807, 2.05) is 0 Å². The molecule has 0 aromatic carbocycles. The van der Waals surface area contributed by atoms with Gasteiger partial charge in [0, 0.05) is 17.8 Å². The number of carbonyl (C=O) groups is 1.